The Balaban J connectivity index is 1.03. The fraction of sp³-hybridized carbons (Fsp3) is 0.684. The molecule has 7 fully saturated rings. The number of hydrogen-bond acceptors (Lipinski definition) is 27. The highest BCUT2D eigenvalue weighted by Crippen LogP contribution is 2.76. The van der Waals surface area contributed by atoms with Gasteiger partial charge in [-0.1, -0.05) is 108 Å². The van der Waals surface area contributed by atoms with E-state index in [-0.39, 0.29) is 30.5 Å². The van der Waals surface area contributed by atoms with Crippen LogP contribution in [0.5, 0.6) is 0 Å². The summed E-state index contributed by atoms with van der Waals surface area (Å²) in [7, 11) is 1.41. The fourth-order valence-corrected chi connectivity index (χ4v) is 19.1. The highest BCUT2D eigenvalue weighted by Gasteiger charge is 2.71. The number of carbonyl (C=O) groups excluding carboxylic acids is 9. The van der Waals surface area contributed by atoms with Gasteiger partial charge in [0.1, 0.15) is 55.6 Å². The van der Waals surface area contributed by atoms with Crippen molar-refractivity contribution in [3.63, 3.8) is 0 Å². The molecule has 4 heterocycles. The smallest absolute Gasteiger partial charge is 0.311 e. The standard InChI is InChI=1S/C79H104O27/c1-41(80)90-38-54-60(94-43(3)82)63(96-45(5)84)66(98-47(7)86)70(101-54)100-53-35-51-52-36-76(12,73(88)89-16)32-31-75(52,11)33-34-78(51,14)79(15)30-27-57-74(9,10)58(28-29-77(57,13)68(53)79)104-71-65(106-72-67(99-48(8)87)64(97-46(6)85)61(95-44(4)83)55(103-72)39-91-42(2)81)62(92-37-49-23-19-17-20-24-49)59-56(102-71)40-93-69(105-59)50-25-21-18-22-26-50/h17-26,35,54-72H,27-34,36-40H2,1-16H3/t54-,55-,56-,57+,58+,59-,60+,61+,62+,63+,64+,65-,66-,67-,68-,69-,70+,71+,72+,75-,76+,77+,78-,79-/m1/s1. The van der Waals surface area contributed by atoms with E-state index in [4.69, 9.17) is 85.3 Å². The van der Waals surface area contributed by atoms with Gasteiger partial charge in [-0.3, -0.25) is 43.2 Å². The Hall–Kier alpha value is -7.37. The van der Waals surface area contributed by atoms with Crippen LogP contribution in [0.2, 0.25) is 0 Å². The SMILES string of the molecule is COC(=O)[C@@]1(C)CC[C@]2(C)CC[C@]3(C)C(=C2C1)C=C(O[C@H]1O[C@H](COC(C)=O)[C@H](OC(C)=O)[C@H](OC(C)=O)[C@H]1OC(C)=O)[C@@H]1[C@@]2(C)CC[C@H](O[C@@H]4O[C@@H]5CO[C@@H](c6ccccc6)O[C@H]5[C@H](OCc5ccccc5)[C@H]4O[C@@H]4O[C@H](COC(C)=O)[C@H](OC(C)=O)[C@H](OC(C)=O)[C@H]4OC(C)=O)C(C)(C)[C@@H]2CC[C@]13C. The summed E-state index contributed by atoms with van der Waals surface area (Å²) in [5, 5.41) is 0. The van der Waals surface area contributed by atoms with Gasteiger partial charge in [0, 0.05) is 66.9 Å². The van der Waals surface area contributed by atoms with Crippen molar-refractivity contribution in [3.8, 4) is 0 Å². The summed E-state index contributed by atoms with van der Waals surface area (Å²) in [6.07, 6.45) is -15.2. The first-order chi connectivity index (χ1) is 50.0. The van der Waals surface area contributed by atoms with E-state index in [1.807, 2.05) is 67.6 Å². The predicted molar refractivity (Wildman–Crippen MR) is 368 cm³/mol. The molecule has 4 saturated heterocycles. The average Bonchev–Trinajstić information content (AvgIpc) is 0.670. The molecule has 27 heteroatoms. The molecule has 0 radical (unpaired) electrons. The summed E-state index contributed by atoms with van der Waals surface area (Å²) in [5.41, 5.74) is -0.325. The average molecular weight is 1490 g/mol. The van der Waals surface area contributed by atoms with Crippen LogP contribution < -0.4 is 0 Å². The number of rotatable bonds is 21. The van der Waals surface area contributed by atoms with Crippen molar-refractivity contribution in [1.82, 2.24) is 0 Å². The van der Waals surface area contributed by atoms with Crippen molar-refractivity contribution in [2.45, 2.75) is 273 Å². The van der Waals surface area contributed by atoms with E-state index in [9.17, 15) is 43.2 Å². The molecule has 2 aromatic carbocycles. The lowest BCUT2D eigenvalue weighted by atomic mass is 9.35. The third kappa shape index (κ3) is 16.1. The molecular weight excluding hydrogens is 1380 g/mol. The third-order valence-corrected chi connectivity index (χ3v) is 24.2. The molecule has 0 spiro atoms. The van der Waals surface area contributed by atoms with Gasteiger partial charge in [0.25, 0.3) is 0 Å². The summed E-state index contributed by atoms with van der Waals surface area (Å²) < 4.78 is 116. The van der Waals surface area contributed by atoms with Gasteiger partial charge in [-0.2, -0.15) is 0 Å². The molecule has 0 amide bonds. The van der Waals surface area contributed by atoms with E-state index >= 15 is 0 Å². The third-order valence-electron chi connectivity index (χ3n) is 24.2. The number of carbonyl (C=O) groups is 9. The fourth-order valence-electron chi connectivity index (χ4n) is 19.1. The molecule has 0 unspecified atom stereocenters. The second-order valence-corrected chi connectivity index (χ2v) is 31.8. The van der Waals surface area contributed by atoms with Crippen LogP contribution >= 0.6 is 0 Å². The van der Waals surface area contributed by atoms with Gasteiger partial charge in [0.15, 0.2) is 49.4 Å². The molecule has 106 heavy (non-hydrogen) atoms. The number of allylic oxidation sites excluding steroid dienone is 4. The Labute approximate surface area is 618 Å². The maximum Gasteiger partial charge on any atom is 0.311 e. The van der Waals surface area contributed by atoms with Gasteiger partial charge in [-0.15, -0.1) is 0 Å². The first-order valence-electron chi connectivity index (χ1n) is 36.8. The minimum absolute atomic E-state index is 0.00618. The largest absolute Gasteiger partial charge is 0.469 e. The zero-order valence-corrected chi connectivity index (χ0v) is 63.5. The van der Waals surface area contributed by atoms with Crippen LogP contribution in [0.15, 0.2) is 83.6 Å². The van der Waals surface area contributed by atoms with Crippen molar-refractivity contribution in [1.29, 1.82) is 0 Å². The summed E-state index contributed by atoms with van der Waals surface area (Å²) in [6, 6.07) is 18.8. The van der Waals surface area contributed by atoms with E-state index in [1.54, 1.807) is 0 Å². The second kappa shape index (κ2) is 31.7. The maximum atomic E-state index is 14.0. The summed E-state index contributed by atoms with van der Waals surface area (Å²) >= 11 is 0. The molecule has 582 valence electrons. The van der Waals surface area contributed by atoms with Crippen molar-refractivity contribution < 1.29 is 128 Å². The Kier molecular flexibility index (Phi) is 23.8. The topological polar surface area (TPSA) is 320 Å². The molecule has 11 rings (SSSR count). The molecule has 27 nitrogen and oxygen atoms in total. The molecule has 0 bridgehead atoms. The normalized spacial score (nSPS) is 38.6. The van der Waals surface area contributed by atoms with Gasteiger partial charge in [-0.05, 0) is 115 Å². The van der Waals surface area contributed by atoms with E-state index in [0.29, 0.717) is 56.3 Å². The summed E-state index contributed by atoms with van der Waals surface area (Å²) in [5.74, 6) is -6.87. The molecule has 0 aromatic heterocycles. The lowest BCUT2D eigenvalue weighted by Gasteiger charge is -2.70. The van der Waals surface area contributed by atoms with Crippen LogP contribution in [-0.2, 0) is 135 Å². The van der Waals surface area contributed by atoms with E-state index in [0.717, 1.165) is 64.2 Å². The Bertz CT molecular complexity index is 3670. The van der Waals surface area contributed by atoms with Gasteiger partial charge < -0.3 is 85.3 Å². The van der Waals surface area contributed by atoms with Gasteiger partial charge in [-0.25, -0.2) is 0 Å². The van der Waals surface area contributed by atoms with Crippen LogP contribution in [0.3, 0.4) is 0 Å². The van der Waals surface area contributed by atoms with Crippen LogP contribution in [0, 0.1) is 44.3 Å². The molecule has 0 N–H and O–H groups in total. The van der Waals surface area contributed by atoms with Crippen molar-refractivity contribution >= 4 is 53.7 Å². The van der Waals surface area contributed by atoms with Crippen LogP contribution in [-0.4, -0.2) is 179 Å². The first-order valence-corrected chi connectivity index (χ1v) is 36.8. The quantitative estimate of drug-likeness (QED) is 0.0637. The van der Waals surface area contributed by atoms with E-state index in [1.165, 1.54) is 27.9 Å². The van der Waals surface area contributed by atoms with Gasteiger partial charge in [0.2, 0.25) is 12.4 Å². The first kappa shape index (κ1) is 79.7. The molecule has 3 saturated carbocycles. The van der Waals surface area contributed by atoms with Crippen molar-refractivity contribution in [2.75, 3.05) is 26.9 Å². The zero-order valence-electron chi connectivity index (χ0n) is 63.5. The molecule has 4 aliphatic heterocycles. The van der Waals surface area contributed by atoms with Gasteiger partial charge >= 0.3 is 53.7 Å². The van der Waals surface area contributed by atoms with Gasteiger partial charge in [0.05, 0.1) is 31.8 Å². The minimum atomic E-state index is -1.73. The van der Waals surface area contributed by atoms with Crippen LogP contribution in [0.1, 0.15) is 179 Å². The summed E-state index contributed by atoms with van der Waals surface area (Å²) in [6.45, 7) is 23.7. The predicted octanol–water partition coefficient (Wildman–Crippen LogP) is 9.59. The Morgan fingerprint density at radius 1 is 0.509 bits per heavy atom. The van der Waals surface area contributed by atoms with E-state index < -0.39 is 198 Å². The number of methoxy groups -OCH3 is 1. The number of hydrogen-bond donors (Lipinski definition) is 0. The number of esters is 9. The Morgan fingerprint density at radius 3 is 1.58 bits per heavy atom. The van der Waals surface area contributed by atoms with Crippen LogP contribution in [0.25, 0.3) is 0 Å². The zero-order chi connectivity index (χ0) is 76.8. The Morgan fingerprint density at radius 2 is 1.03 bits per heavy atom. The molecule has 9 aliphatic rings. The summed E-state index contributed by atoms with van der Waals surface area (Å²) in [4.78, 5) is 118. The van der Waals surface area contributed by atoms with Crippen molar-refractivity contribution in [2.24, 2.45) is 44.3 Å². The molecule has 2 aromatic rings. The minimum Gasteiger partial charge on any atom is -0.469 e. The number of fused-ring (bicyclic) bond motifs is 7. The molecule has 5 aliphatic carbocycles. The number of ether oxygens (including phenoxy) is 18. The molecule has 24 atom stereocenters. The van der Waals surface area contributed by atoms with Crippen molar-refractivity contribution in [3.05, 3.63) is 94.8 Å². The maximum absolute atomic E-state index is 14.0. The van der Waals surface area contributed by atoms with E-state index in [2.05, 4.69) is 47.6 Å². The lowest BCUT2D eigenvalue weighted by Crippen LogP contribution is -2.68. The van der Waals surface area contributed by atoms with Crippen LogP contribution in [0.4, 0.5) is 0 Å². The molecular formula is C79H104O27. The lowest BCUT2D eigenvalue weighted by molar-refractivity contribution is -0.406. The highest BCUT2D eigenvalue weighted by atomic mass is 16.8. The highest BCUT2D eigenvalue weighted by molar-refractivity contribution is 5.77. The second-order valence-electron chi connectivity index (χ2n) is 31.8. The monoisotopic (exact) mass is 1480 g/mol. The number of benzene rings is 2.